The molecule has 100 valence electrons. The summed E-state index contributed by atoms with van der Waals surface area (Å²) in [6.45, 7) is 0. The number of aromatic nitrogens is 1. The van der Waals surface area contributed by atoms with Crippen LogP contribution in [0.2, 0.25) is 0 Å². The van der Waals surface area contributed by atoms with Gasteiger partial charge in [-0.15, -0.1) is 0 Å². The number of hydrogen-bond acceptors (Lipinski definition) is 2. The standard InChI is InChI=1S/C17H14FNO/c1-20-17-14(9-12-5-3-2-4-6-12)10-13-11-15(18)7-8-16(13)19-17/h2-8,10-11H,9H2,1H3. The van der Waals surface area contributed by atoms with Crippen molar-refractivity contribution < 1.29 is 9.13 Å². The number of methoxy groups -OCH3 is 1. The quantitative estimate of drug-likeness (QED) is 0.716. The molecule has 0 spiro atoms. The van der Waals surface area contributed by atoms with Crippen LogP contribution in [0.3, 0.4) is 0 Å². The van der Waals surface area contributed by atoms with Gasteiger partial charge in [-0.05, 0) is 29.8 Å². The van der Waals surface area contributed by atoms with E-state index in [0.717, 1.165) is 16.5 Å². The molecule has 0 bridgehead atoms. The molecule has 0 atom stereocenters. The summed E-state index contributed by atoms with van der Waals surface area (Å²) in [5, 5.41) is 0.789. The predicted molar refractivity (Wildman–Crippen MR) is 77.5 cm³/mol. The highest BCUT2D eigenvalue weighted by Gasteiger charge is 2.09. The molecule has 0 unspecified atom stereocenters. The van der Waals surface area contributed by atoms with E-state index in [2.05, 4.69) is 17.1 Å². The molecule has 0 saturated carbocycles. The maximum Gasteiger partial charge on any atom is 0.217 e. The van der Waals surface area contributed by atoms with E-state index in [9.17, 15) is 4.39 Å². The molecule has 0 aliphatic rings. The molecule has 3 rings (SSSR count). The number of halogens is 1. The number of nitrogens with zero attached hydrogens (tertiary/aromatic N) is 1. The zero-order chi connectivity index (χ0) is 13.9. The second-order valence-corrected chi connectivity index (χ2v) is 4.66. The molecule has 1 heterocycles. The van der Waals surface area contributed by atoms with Gasteiger partial charge >= 0.3 is 0 Å². The molecular weight excluding hydrogens is 253 g/mol. The molecule has 0 amide bonds. The van der Waals surface area contributed by atoms with Crippen molar-refractivity contribution in [3.8, 4) is 5.88 Å². The minimum absolute atomic E-state index is 0.255. The second kappa shape index (κ2) is 5.29. The van der Waals surface area contributed by atoms with Crippen LogP contribution in [0.5, 0.6) is 5.88 Å². The number of benzene rings is 2. The highest BCUT2D eigenvalue weighted by Crippen LogP contribution is 2.25. The average molecular weight is 267 g/mol. The summed E-state index contributed by atoms with van der Waals surface area (Å²) in [4.78, 5) is 4.44. The third kappa shape index (κ3) is 2.48. The summed E-state index contributed by atoms with van der Waals surface area (Å²) in [5.74, 6) is 0.336. The highest BCUT2D eigenvalue weighted by molar-refractivity contribution is 5.80. The smallest absolute Gasteiger partial charge is 0.217 e. The van der Waals surface area contributed by atoms with Crippen molar-refractivity contribution in [3.63, 3.8) is 0 Å². The number of fused-ring (bicyclic) bond motifs is 1. The Morgan fingerprint density at radius 3 is 2.60 bits per heavy atom. The molecule has 2 aromatic carbocycles. The first-order valence-corrected chi connectivity index (χ1v) is 6.43. The van der Waals surface area contributed by atoms with Gasteiger partial charge in [-0.1, -0.05) is 30.3 Å². The Morgan fingerprint density at radius 1 is 1.05 bits per heavy atom. The Labute approximate surface area is 116 Å². The van der Waals surface area contributed by atoms with Gasteiger partial charge in [0.1, 0.15) is 5.82 Å². The molecule has 3 aromatic rings. The Morgan fingerprint density at radius 2 is 1.85 bits per heavy atom. The zero-order valence-corrected chi connectivity index (χ0v) is 11.1. The maximum atomic E-state index is 13.3. The van der Waals surface area contributed by atoms with E-state index in [4.69, 9.17) is 4.74 Å². The van der Waals surface area contributed by atoms with Gasteiger partial charge in [0.25, 0.3) is 0 Å². The van der Waals surface area contributed by atoms with Gasteiger partial charge < -0.3 is 4.74 Å². The van der Waals surface area contributed by atoms with E-state index in [1.165, 1.54) is 17.7 Å². The van der Waals surface area contributed by atoms with E-state index in [0.29, 0.717) is 12.3 Å². The molecule has 0 aliphatic carbocycles. The van der Waals surface area contributed by atoms with Crippen LogP contribution < -0.4 is 4.74 Å². The molecule has 1 aromatic heterocycles. The van der Waals surface area contributed by atoms with Gasteiger partial charge in [-0.3, -0.25) is 0 Å². The monoisotopic (exact) mass is 267 g/mol. The summed E-state index contributed by atoms with van der Waals surface area (Å²) in [6, 6.07) is 16.6. The lowest BCUT2D eigenvalue weighted by Crippen LogP contribution is -1.97. The first-order chi connectivity index (χ1) is 9.76. The normalized spacial score (nSPS) is 10.7. The number of rotatable bonds is 3. The Balaban J connectivity index is 2.08. The molecule has 0 saturated heterocycles. The fourth-order valence-corrected chi connectivity index (χ4v) is 2.29. The van der Waals surface area contributed by atoms with E-state index >= 15 is 0 Å². The fourth-order valence-electron chi connectivity index (χ4n) is 2.29. The van der Waals surface area contributed by atoms with Crippen molar-refractivity contribution in [2.45, 2.75) is 6.42 Å². The van der Waals surface area contributed by atoms with E-state index < -0.39 is 0 Å². The zero-order valence-electron chi connectivity index (χ0n) is 11.1. The maximum absolute atomic E-state index is 13.3. The van der Waals surface area contributed by atoms with Crippen LogP contribution in [0, 0.1) is 5.82 Å². The van der Waals surface area contributed by atoms with Crippen molar-refractivity contribution >= 4 is 10.9 Å². The van der Waals surface area contributed by atoms with Gasteiger partial charge in [-0.25, -0.2) is 9.37 Å². The van der Waals surface area contributed by atoms with Gasteiger partial charge in [0.05, 0.1) is 12.6 Å². The lowest BCUT2D eigenvalue weighted by molar-refractivity contribution is 0.395. The molecule has 0 aliphatic heterocycles. The minimum Gasteiger partial charge on any atom is -0.481 e. The van der Waals surface area contributed by atoms with Crippen LogP contribution in [0.4, 0.5) is 4.39 Å². The van der Waals surface area contributed by atoms with Crippen LogP contribution >= 0.6 is 0 Å². The molecule has 0 N–H and O–H groups in total. The van der Waals surface area contributed by atoms with E-state index in [1.54, 1.807) is 13.2 Å². The Hall–Kier alpha value is -2.42. The summed E-state index contributed by atoms with van der Waals surface area (Å²) in [7, 11) is 1.60. The van der Waals surface area contributed by atoms with Crippen molar-refractivity contribution in [2.24, 2.45) is 0 Å². The van der Waals surface area contributed by atoms with Gasteiger partial charge in [0, 0.05) is 17.4 Å². The van der Waals surface area contributed by atoms with Crippen LogP contribution in [-0.2, 0) is 6.42 Å². The van der Waals surface area contributed by atoms with Crippen molar-refractivity contribution in [1.29, 1.82) is 0 Å². The predicted octanol–water partition coefficient (Wildman–Crippen LogP) is 3.97. The van der Waals surface area contributed by atoms with E-state index in [1.807, 2.05) is 24.3 Å². The fraction of sp³-hybridized carbons (Fsp3) is 0.118. The second-order valence-electron chi connectivity index (χ2n) is 4.66. The number of ether oxygens (including phenoxy) is 1. The largest absolute Gasteiger partial charge is 0.481 e. The molecule has 20 heavy (non-hydrogen) atoms. The molecule has 3 heteroatoms. The number of pyridine rings is 1. The average Bonchev–Trinajstić information content (AvgIpc) is 2.47. The van der Waals surface area contributed by atoms with Crippen LogP contribution in [-0.4, -0.2) is 12.1 Å². The van der Waals surface area contributed by atoms with Gasteiger partial charge in [0.15, 0.2) is 0 Å². The first-order valence-electron chi connectivity index (χ1n) is 6.43. The summed E-state index contributed by atoms with van der Waals surface area (Å²) >= 11 is 0. The number of hydrogen-bond donors (Lipinski definition) is 0. The third-order valence-corrected chi connectivity index (χ3v) is 3.25. The third-order valence-electron chi connectivity index (χ3n) is 3.25. The van der Waals surface area contributed by atoms with Crippen molar-refractivity contribution in [2.75, 3.05) is 7.11 Å². The van der Waals surface area contributed by atoms with Crippen LogP contribution in [0.1, 0.15) is 11.1 Å². The lowest BCUT2D eigenvalue weighted by atomic mass is 10.0. The first kappa shape index (κ1) is 12.6. The summed E-state index contributed by atoms with van der Waals surface area (Å²) in [5.41, 5.74) is 2.86. The lowest BCUT2D eigenvalue weighted by Gasteiger charge is -2.09. The summed E-state index contributed by atoms with van der Waals surface area (Å²) in [6.07, 6.45) is 0.712. The van der Waals surface area contributed by atoms with Gasteiger partial charge in [-0.2, -0.15) is 0 Å². The Bertz CT molecular complexity index is 741. The SMILES string of the molecule is COc1nc2ccc(F)cc2cc1Cc1ccccc1. The van der Waals surface area contributed by atoms with Crippen molar-refractivity contribution in [1.82, 2.24) is 4.98 Å². The topological polar surface area (TPSA) is 22.1 Å². The minimum atomic E-state index is -0.255. The molecular formula is C17H14FNO. The molecule has 0 fully saturated rings. The summed E-state index contributed by atoms with van der Waals surface area (Å²) < 4.78 is 18.7. The molecule has 2 nitrogen and oxygen atoms in total. The van der Waals surface area contributed by atoms with E-state index in [-0.39, 0.29) is 5.82 Å². The Kier molecular flexibility index (Phi) is 3.33. The van der Waals surface area contributed by atoms with Gasteiger partial charge in [0.2, 0.25) is 5.88 Å². The van der Waals surface area contributed by atoms with Crippen LogP contribution in [0.15, 0.2) is 54.6 Å². The van der Waals surface area contributed by atoms with Crippen molar-refractivity contribution in [3.05, 3.63) is 71.5 Å². The molecule has 0 radical (unpaired) electrons. The van der Waals surface area contributed by atoms with Crippen LogP contribution in [0.25, 0.3) is 10.9 Å². The highest BCUT2D eigenvalue weighted by atomic mass is 19.1.